The van der Waals surface area contributed by atoms with E-state index in [4.69, 9.17) is 0 Å². The summed E-state index contributed by atoms with van der Waals surface area (Å²) in [4.78, 5) is 21.5. The average Bonchev–Trinajstić information content (AvgIpc) is 2.88. The Morgan fingerprint density at radius 2 is 2.30 bits per heavy atom. The highest BCUT2D eigenvalue weighted by atomic mass is 35.5. The van der Waals surface area contributed by atoms with Gasteiger partial charge in [-0.25, -0.2) is 4.39 Å². The standard InChI is InChI=1S/C12H14FN3O3.ClH/c13-11-6-9(16(18)19)3-4-10(11)12(17)15-7-8-2-1-5-14-8;/h3-4,6,8,14H,1-2,5,7H2,(H,15,17);1H. The summed E-state index contributed by atoms with van der Waals surface area (Å²) in [5, 5.41) is 16.3. The molecule has 0 radical (unpaired) electrons. The first-order valence-electron chi connectivity index (χ1n) is 6.03. The number of rotatable bonds is 4. The van der Waals surface area contributed by atoms with Crippen molar-refractivity contribution in [1.29, 1.82) is 0 Å². The number of carbonyl (C=O) groups excluding carboxylic acids is 1. The first-order valence-corrected chi connectivity index (χ1v) is 6.03. The van der Waals surface area contributed by atoms with Crippen molar-refractivity contribution in [3.8, 4) is 0 Å². The van der Waals surface area contributed by atoms with E-state index in [2.05, 4.69) is 10.6 Å². The Balaban J connectivity index is 0.00000200. The SMILES string of the molecule is Cl.O=C(NCC1CCCN1)c1ccc([N+](=O)[O-])cc1F. The number of carbonyl (C=O) groups is 1. The average molecular weight is 304 g/mol. The van der Waals surface area contributed by atoms with Crippen LogP contribution in [-0.2, 0) is 0 Å². The van der Waals surface area contributed by atoms with E-state index < -0.39 is 16.6 Å². The molecule has 0 saturated carbocycles. The Bertz CT molecular complexity index is 507. The number of hydrogen-bond acceptors (Lipinski definition) is 4. The van der Waals surface area contributed by atoms with Crippen LogP contribution in [0, 0.1) is 15.9 Å². The van der Waals surface area contributed by atoms with Crippen LogP contribution in [0.15, 0.2) is 18.2 Å². The number of amides is 1. The second kappa shape index (κ2) is 7.16. The van der Waals surface area contributed by atoms with Crippen LogP contribution < -0.4 is 10.6 Å². The first-order chi connectivity index (χ1) is 9.08. The van der Waals surface area contributed by atoms with Crippen molar-refractivity contribution in [2.24, 2.45) is 0 Å². The lowest BCUT2D eigenvalue weighted by molar-refractivity contribution is -0.385. The van der Waals surface area contributed by atoms with Gasteiger partial charge in [0.05, 0.1) is 16.6 Å². The molecule has 6 nitrogen and oxygen atoms in total. The number of nitrogens with zero attached hydrogens (tertiary/aromatic N) is 1. The Morgan fingerprint density at radius 3 is 2.85 bits per heavy atom. The maximum atomic E-state index is 13.6. The molecule has 0 bridgehead atoms. The molecule has 20 heavy (non-hydrogen) atoms. The molecule has 1 aromatic rings. The molecular formula is C12H15ClFN3O3. The van der Waals surface area contributed by atoms with Crippen LogP contribution in [0.5, 0.6) is 0 Å². The van der Waals surface area contributed by atoms with E-state index in [1.54, 1.807) is 0 Å². The van der Waals surface area contributed by atoms with Crippen molar-refractivity contribution in [1.82, 2.24) is 10.6 Å². The first kappa shape index (κ1) is 16.3. The second-order valence-electron chi connectivity index (χ2n) is 4.42. The predicted octanol–water partition coefficient (Wildman–Crippen LogP) is 1.64. The van der Waals surface area contributed by atoms with Crippen LogP contribution in [0.3, 0.4) is 0 Å². The topological polar surface area (TPSA) is 84.3 Å². The van der Waals surface area contributed by atoms with E-state index in [0.717, 1.165) is 37.6 Å². The van der Waals surface area contributed by atoms with Crippen molar-refractivity contribution >= 4 is 24.0 Å². The lowest BCUT2D eigenvalue weighted by Gasteiger charge is -2.11. The minimum absolute atomic E-state index is 0. The zero-order chi connectivity index (χ0) is 13.8. The fourth-order valence-electron chi connectivity index (χ4n) is 2.04. The summed E-state index contributed by atoms with van der Waals surface area (Å²) >= 11 is 0. The molecule has 110 valence electrons. The van der Waals surface area contributed by atoms with Gasteiger partial charge >= 0.3 is 0 Å². The molecule has 2 rings (SSSR count). The Labute approximate surface area is 121 Å². The molecule has 8 heteroatoms. The Hall–Kier alpha value is -1.73. The van der Waals surface area contributed by atoms with Gasteiger partial charge < -0.3 is 10.6 Å². The fourth-order valence-corrected chi connectivity index (χ4v) is 2.04. The van der Waals surface area contributed by atoms with E-state index in [1.807, 2.05) is 0 Å². The summed E-state index contributed by atoms with van der Waals surface area (Å²) in [5.41, 5.74) is -0.546. The van der Waals surface area contributed by atoms with Gasteiger partial charge in [0, 0.05) is 18.7 Å². The number of nitrogens with one attached hydrogen (secondary N) is 2. The summed E-state index contributed by atoms with van der Waals surface area (Å²) < 4.78 is 13.6. The fraction of sp³-hybridized carbons (Fsp3) is 0.417. The molecule has 1 aliphatic heterocycles. The van der Waals surface area contributed by atoms with Gasteiger partial charge in [0.1, 0.15) is 5.82 Å². The molecule has 0 aliphatic carbocycles. The summed E-state index contributed by atoms with van der Waals surface area (Å²) in [6.07, 6.45) is 2.04. The molecule has 1 aromatic carbocycles. The summed E-state index contributed by atoms with van der Waals surface area (Å²) in [5.74, 6) is -1.44. The smallest absolute Gasteiger partial charge is 0.272 e. The van der Waals surface area contributed by atoms with Crippen molar-refractivity contribution in [2.75, 3.05) is 13.1 Å². The molecule has 1 heterocycles. The van der Waals surface area contributed by atoms with Gasteiger partial charge in [-0.1, -0.05) is 0 Å². The molecule has 0 aromatic heterocycles. The van der Waals surface area contributed by atoms with Crippen LogP contribution in [0.1, 0.15) is 23.2 Å². The van der Waals surface area contributed by atoms with Gasteiger partial charge in [0.15, 0.2) is 0 Å². The van der Waals surface area contributed by atoms with E-state index in [-0.39, 0.29) is 29.7 Å². The maximum Gasteiger partial charge on any atom is 0.272 e. The zero-order valence-electron chi connectivity index (χ0n) is 10.6. The van der Waals surface area contributed by atoms with Gasteiger partial charge in [0.25, 0.3) is 11.6 Å². The highest BCUT2D eigenvalue weighted by Gasteiger charge is 2.18. The summed E-state index contributed by atoms with van der Waals surface area (Å²) in [6, 6.07) is 3.21. The molecule has 1 amide bonds. The van der Waals surface area contributed by atoms with Crippen LogP contribution in [0.2, 0.25) is 0 Å². The molecule has 1 saturated heterocycles. The molecule has 1 fully saturated rings. The zero-order valence-corrected chi connectivity index (χ0v) is 11.4. The summed E-state index contributed by atoms with van der Waals surface area (Å²) in [6.45, 7) is 1.35. The number of nitro groups is 1. The summed E-state index contributed by atoms with van der Waals surface area (Å²) in [7, 11) is 0. The number of nitro benzene ring substituents is 1. The minimum Gasteiger partial charge on any atom is -0.350 e. The number of hydrogen-bond donors (Lipinski definition) is 2. The van der Waals surface area contributed by atoms with E-state index in [9.17, 15) is 19.3 Å². The Kier molecular flexibility index (Phi) is 5.84. The third kappa shape index (κ3) is 3.88. The third-order valence-electron chi connectivity index (χ3n) is 3.08. The van der Waals surface area contributed by atoms with Crippen molar-refractivity contribution in [2.45, 2.75) is 18.9 Å². The third-order valence-corrected chi connectivity index (χ3v) is 3.08. The Morgan fingerprint density at radius 1 is 1.55 bits per heavy atom. The number of halogens is 2. The molecule has 1 unspecified atom stereocenters. The number of benzene rings is 1. The molecule has 2 N–H and O–H groups in total. The van der Waals surface area contributed by atoms with Crippen molar-refractivity contribution in [3.05, 3.63) is 39.7 Å². The second-order valence-corrected chi connectivity index (χ2v) is 4.42. The van der Waals surface area contributed by atoms with Crippen LogP contribution in [0.4, 0.5) is 10.1 Å². The predicted molar refractivity (Wildman–Crippen MR) is 73.7 cm³/mol. The van der Waals surface area contributed by atoms with Gasteiger partial charge in [-0.2, -0.15) is 0 Å². The molecule has 1 aliphatic rings. The maximum absolute atomic E-state index is 13.6. The van der Waals surface area contributed by atoms with Gasteiger partial charge in [-0.05, 0) is 25.5 Å². The monoisotopic (exact) mass is 303 g/mol. The highest BCUT2D eigenvalue weighted by molar-refractivity contribution is 5.94. The van der Waals surface area contributed by atoms with E-state index >= 15 is 0 Å². The van der Waals surface area contributed by atoms with Gasteiger partial charge in [-0.3, -0.25) is 14.9 Å². The quantitative estimate of drug-likeness (QED) is 0.654. The largest absolute Gasteiger partial charge is 0.350 e. The van der Waals surface area contributed by atoms with Crippen LogP contribution in [0.25, 0.3) is 0 Å². The van der Waals surface area contributed by atoms with E-state index in [0.29, 0.717) is 6.54 Å². The van der Waals surface area contributed by atoms with E-state index in [1.165, 1.54) is 0 Å². The lowest BCUT2D eigenvalue weighted by Crippen LogP contribution is -2.37. The van der Waals surface area contributed by atoms with Crippen molar-refractivity contribution < 1.29 is 14.1 Å². The minimum atomic E-state index is -0.883. The molecule has 1 atom stereocenters. The van der Waals surface area contributed by atoms with Crippen LogP contribution in [-0.4, -0.2) is 30.0 Å². The van der Waals surface area contributed by atoms with Crippen molar-refractivity contribution in [3.63, 3.8) is 0 Å². The molecule has 0 spiro atoms. The van der Waals surface area contributed by atoms with Crippen LogP contribution >= 0.6 is 12.4 Å². The van der Waals surface area contributed by atoms with Gasteiger partial charge in [0.2, 0.25) is 0 Å². The number of non-ortho nitro benzene ring substituents is 1. The normalized spacial score (nSPS) is 17.4. The van der Waals surface area contributed by atoms with Gasteiger partial charge in [-0.15, -0.1) is 12.4 Å². The highest BCUT2D eigenvalue weighted by Crippen LogP contribution is 2.16. The lowest BCUT2D eigenvalue weighted by atomic mass is 10.1. The molecular weight excluding hydrogens is 289 g/mol.